The average Bonchev–Trinajstić information content (AvgIpc) is 2.81. The van der Waals surface area contributed by atoms with Crippen molar-refractivity contribution < 1.29 is 5.11 Å². The minimum Gasteiger partial charge on any atom is -0.390 e. The molecule has 0 saturated heterocycles. The Bertz CT molecular complexity index is 546. The first kappa shape index (κ1) is 13.9. The van der Waals surface area contributed by atoms with Gasteiger partial charge in [0.1, 0.15) is 0 Å². The Balaban J connectivity index is 2.23. The van der Waals surface area contributed by atoms with E-state index in [0.29, 0.717) is 0 Å². The number of aryl methyl sites for hydroxylation is 1. The van der Waals surface area contributed by atoms with Gasteiger partial charge in [0.2, 0.25) is 0 Å². The summed E-state index contributed by atoms with van der Waals surface area (Å²) < 4.78 is 2.05. The zero-order valence-electron chi connectivity index (χ0n) is 11.0. The highest BCUT2D eigenvalue weighted by molar-refractivity contribution is 7.99. The fourth-order valence-corrected chi connectivity index (χ4v) is 2.54. The highest BCUT2D eigenvalue weighted by atomic mass is 32.2. The third-order valence-corrected chi connectivity index (χ3v) is 3.84. The molecule has 1 N–H and O–H groups in total. The van der Waals surface area contributed by atoms with Crippen molar-refractivity contribution in [2.24, 2.45) is 0 Å². The molecule has 0 saturated carbocycles. The van der Waals surface area contributed by atoms with Crippen molar-refractivity contribution in [1.82, 2.24) is 9.55 Å². The Morgan fingerprint density at radius 3 is 2.74 bits per heavy atom. The number of aromatic nitrogens is 2. The van der Waals surface area contributed by atoms with Crippen LogP contribution in [0.5, 0.6) is 0 Å². The van der Waals surface area contributed by atoms with E-state index in [-0.39, 0.29) is 6.61 Å². The first-order valence-electron chi connectivity index (χ1n) is 6.19. The van der Waals surface area contributed by atoms with E-state index >= 15 is 0 Å². The normalized spacial score (nSPS) is 10.6. The van der Waals surface area contributed by atoms with Gasteiger partial charge in [0.15, 0.2) is 5.16 Å². The molecule has 100 valence electrons. The lowest BCUT2D eigenvalue weighted by atomic mass is 10.1. The van der Waals surface area contributed by atoms with Crippen LogP contribution in [0.15, 0.2) is 48.3 Å². The summed E-state index contributed by atoms with van der Waals surface area (Å²) in [6.07, 6.45) is 3.59. The van der Waals surface area contributed by atoms with Crippen molar-refractivity contribution in [2.45, 2.75) is 25.2 Å². The van der Waals surface area contributed by atoms with Crippen LogP contribution in [0, 0.1) is 6.92 Å². The topological polar surface area (TPSA) is 38.1 Å². The molecule has 0 bridgehead atoms. The summed E-state index contributed by atoms with van der Waals surface area (Å²) in [7, 11) is 0. The Morgan fingerprint density at radius 2 is 2.11 bits per heavy atom. The Labute approximate surface area is 118 Å². The molecule has 0 aliphatic rings. The fourth-order valence-electron chi connectivity index (χ4n) is 1.81. The van der Waals surface area contributed by atoms with Gasteiger partial charge in [0.05, 0.1) is 18.5 Å². The second-order valence-electron chi connectivity index (χ2n) is 4.36. The molecule has 0 amide bonds. The van der Waals surface area contributed by atoms with Crippen LogP contribution in [0.1, 0.15) is 16.8 Å². The fraction of sp³-hybridized carbons (Fsp3) is 0.267. The van der Waals surface area contributed by atoms with E-state index in [0.717, 1.165) is 23.1 Å². The number of rotatable bonds is 6. The molecule has 1 aromatic heterocycles. The van der Waals surface area contributed by atoms with Gasteiger partial charge in [0, 0.05) is 12.3 Å². The number of aliphatic hydroxyl groups excluding tert-OH is 1. The summed E-state index contributed by atoms with van der Waals surface area (Å²) in [6.45, 7) is 6.53. The Morgan fingerprint density at radius 1 is 1.37 bits per heavy atom. The minimum atomic E-state index is 0.00745. The van der Waals surface area contributed by atoms with Crippen LogP contribution in [-0.2, 0) is 13.2 Å². The van der Waals surface area contributed by atoms with Crippen LogP contribution in [-0.4, -0.2) is 20.4 Å². The number of thioether (sulfide) groups is 1. The summed E-state index contributed by atoms with van der Waals surface area (Å²) in [6, 6.07) is 8.42. The van der Waals surface area contributed by atoms with Crippen LogP contribution >= 0.6 is 11.8 Å². The van der Waals surface area contributed by atoms with Gasteiger partial charge < -0.3 is 9.67 Å². The maximum atomic E-state index is 9.39. The number of hydrogen-bond donors (Lipinski definition) is 1. The maximum absolute atomic E-state index is 9.39. The van der Waals surface area contributed by atoms with E-state index in [1.54, 1.807) is 18.0 Å². The second kappa shape index (κ2) is 6.59. The summed E-state index contributed by atoms with van der Waals surface area (Å²) >= 11 is 1.63. The van der Waals surface area contributed by atoms with E-state index in [1.165, 1.54) is 11.1 Å². The molecule has 4 heteroatoms. The molecule has 2 aromatic rings. The van der Waals surface area contributed by atoms with Gasteiger partial charge in [-0.3, -0.25) is 0 Å². The van der Waals surface area contributed by atoms with Crippen LogP contribution < -0.4 is 0 Å². The number of benzene rings is 1. The first-order chi connectivity index (χ1) is 9.24. The van der Waals surface area contributed by atoms with E-state index in [2.05, 4.69) is 47.3 Å². The van der Waals surface area contributed by atoms with Gasteiger partial charge in [-0.1, -0.05) is 47.7 Å². The summed E-state index contributed by atoms with van der Waals surface area (Å²) in [5.41, 5.74) is 3.30. The summed E-state index contributed by atoms with van der Waals surface area (Å²) in [5, 5.41) is 10.3. The molecule has 1 heterocycles. The van der Waals surface area contributed by atoms with Crippen LogP contribution in [0.2, 0.25) is 0 Å². The van der Waals surface area contributed by atoms with E-state index < -0.39 is 0 Å². The predicted molar refractivity (Wildman–Crippen MR) is 79.4 cm³/mol. The lowest BCUT2D eigenvalue weighted by Crippen LogP contribution is -2.06. The largest absolute Gasteiger partial charge is 0.390 e. The van der Waals surface area contributed by atoms with Gasteiger partial charge in [0.25, 0.3) is 0 Å². The van der Waals surface area contributed by atoms with Gasteiger partial charge >= 0.3 is 0 Å². The van der Waals surface area contributed by atoms with E-state index in [4.69, 9.17) is 0 Å². The third-order valence-electron chi connectivity index (χ3n) is 2.86. The Hall–Kier alpha value is -1.52. The van der Waals surface area contributed by atoms with Gasteiger partial charge in [-0.2, -0.15) is 0 Å². The molecule has 1 aromatic carbocycles. The lowest BCUT2D eigenvalue weighted by Gasteiger charge is -2.10. The number of nitrogens with zero attached hydrogens (tertiary/aromatic N) is 2. The molecule has 0 fully saturated rings. The third kappa shape index (κ3) is 3.49. The van der Waals surface area contributed by atoms with Crippen LogP contribution in [0.4, 0.5) is 0 Å². The zero-order valence-corrected chi connectivity index (χ0v) is 11.9. The molecular formula is C15H18N2OS. The zero-order chi connectivity index (χ0) is 13.7. The predicted octanol–water partition coefficient (Wildman–Crippen LogP) is 3.01. The monoisotopic (exact) mass is 274 g/mol. The van der Waals surface area contributed by atoms with Crippen molar-refractivity contribution in [1.29, 1.82) is 0 Å². The molecule has 0 atom stereocenters. The molecule has 0 aliphatic heterocycles. The molecule has 0 spiro atoms. The van der Waals surface area contributed by atoms with Gasteiger partial charge in [-0.05, 0) is 12.5 Å². The molecule has 0 aliphatic carbocycles. The minimum absolute atomic E-state index is 0.00745. The van der Waals surface area contributed by atoms with Crippen molar-refractivity contribution in [3.8, 4) is 0 Å². The highest BCUT2D eigenvalue weighted by Gasteiger charge is 2.09. The molecule has 3 nitrogen and oxygen atoms in total. The Kier molecular flexibility index (Phi) is 4.82. The molecule has 2 rings (SSSR count). The average molecular weight is 274 g/mol. The second-order valence-corrected chi connectivity index (χ2v) is 5.35. The number of aliphatic hydroxyl groups is 1. The smallest absolute Gasteiger partial charge is 0.168 e. The SMILES string of the molecule is C=CCSc1ncc(CO)n1Cc1ccc(C)cc1. The molecular weight excluding hydrogens is 256 g/mol. The van der Waals surface area contributed by atoms with E-state index in [9.17, 15) is 5.11 Å². The molecule has 19 heavy (non-hydrogen) atoms. The standard InChI is InChI=1S/C15H18N2OS/c1-3-8-19-15-16-9-14(11-18)17(15)10-13-6-4-12(2)5-7-13/h3-7,9,18H,1,8,10-11H2,2H3. The number of hydrogen-bond acceptors (Lipinski definition) is 3. The number of imidazole rings is 1. The van der Waals surface area contributed by atoms with Crippen molar-refractivity contribution in [3.05, 3.63) is 59.9 Å². The quantitative estimate of drug-likeness (QED) is 0.650. The van der Waals surface area contributed by atoms with Crippen LogP contribution in [0.25, 0.3) is 0 Å². The molecule has 0 radical (unpaired) electrons. The van der Waals surface area contributed by atoms with Gasteiger partial charge in [-0.15, -0.1) is 6.58 Å². The van der Waals surface area contributed by atoms with Crippen molar-refractivity contribution in [3.63, 3.8) is 0 Å². The first-order valence-corrected chi connectivity index (χ1v) is 7.17. The summed E-state index contributed by atoms with van der Waals surface area (Å²) in [4.78, 5) is 4.36. The van der Waals surface area contributed by atoms with Gasteiger partial charge in [-0.25, -0.2) is 4.98 Å². The van der Waals surface area contributed by atoms with Crippen molar-refractivity contribution >= 4 is 11.8 Å². The maximum Gasteiger partial charge on any atom is 0.168 e. The molecule has 0 unspecified atom stereocenters. The highest BCUT2D eigenvalue weighted by Crippen LogP contribution is 2.20. The lowest BCUT2D eigenvalue weighted by molar-refractivity contribution is 0.270. The summed E-state index contributed by atoms with van der Waals surface area (Å²) in [5.74, 6) is 0.815. The van der Waals surface area contributed by atoms with Crippen molar-refractivity contribution in [2.75, 3.05) is 5.75 Å². The van der Waals surface area contributed by atoms with E-state index in [1.807, 2.05) is 6.08 Å². The van der Waals surface area contributed by atoms with Crippen LogP contribution in [0.3, 0.4) is 0 Å².